The zero-order valence-electron chi connectivity index (χ0n) is 8.85. The molecule has 0 atom stereocenters. The SMILES string of the molecule is Cl.Cn1nccc1-c1ccc(CN)cc1Cl. The smallest absolute Gasteiger partial charge is 0.0693 e. The van der Waals surface area contributed by atoms with E-state index < -0.39 is 0 Å². The van der Waals surface area contributed by atoms with E-state index in [-0.39, 0.29) is 12.4 Å². The molecule has 0 aliphatic heterocycles. The molecule has 5 heteroatoms. The van der Waals surface area contributed by atoms with E-state index in [0.29, 0.717) is 11.6 Å². The Hall–Kier alpha value is -1.03. The number of nitrogens with zero attached hydrogens (tertiary/aromatic N) is 2. The van der Waals surface area contributed by atoms with Crippen molar-refractivity contribution >= 4 is 24.0 Å². The highest BCUT2D eigenvalue weighted by atomic mass is 35.5. The van der Waals surface area contributed by atoms with Crippen molar-refractivity contribution in [3.63, 3.8) is 0 Å². The molecule has 0 fully saturated rings. The summed E-state index contributed by atoms with van der Waals surface area (Å²) in [4.78, 5) is 0. The van der Waals surface area contributed by atoms with Crippen molar-refractivity contribution in [3.05, 3.63) is 41.0 Å². The quantitative estimate of drug-likeness (QED) is 0.899. The van der Waals surface area contributed by atoms with Crippen LogP contribution < -0.4 is 5.73 Å². The Labute approximate surface area is 106 Å². The van der Waals surface area contributed by atoms with Crippen LogP contribution in [0.1, 0.15) is 5.56 Å². The summed E-state index contributed by atoms with van der Waals surface area (Å²) < 4.78 is 1.79. The van der Waals surface area contributed by atoms with Gasteiger partial charge in [0.1, 0.15) is 0 Å². The van der Waals surface area contributed by atoms with Crippen LogP contribution in [0.2, 0.25) is 5.02 Å². The van der Waals surface area contributed by atoms with Gasteiger partial charge in [0.05, 0.1) is 10.7 Å². The number of halogens is 2. The Morgan fingerprint density at radius 1 is 1.38 bits per heavy atom. The van der Waals surface area contributed by atoms with Crippen LogP contribution in [0.25, 0.3) is 11.3 Å². The largest absolute Gasteiger partial charge is 0.326 e. The van der Waals surface area contributed by atoms with Crippen molar-refractivity contribution in [1.82, 2.24) is 9.78 Å². The second kappa shape index (κ2) is 5.34. The highest BCUT2D eigenvalue weighted by molar-refractivity contribution is 6.33. The number of hydrogen-bond donors (Lipinski definition) is 1. The van der Waals surface area contributed by atoms with Crippen LogP contribution in [0.3, 0.4) is 0 Å². The molecule has 0 unspecified atom stereocenters. The Kier molecular flexibility index (Phi) is 4.35. The first kappa shape index (κ1) is 13.0. The Morgan fingerprint density at radius 2 is 2.12 bits per heavy atom. The minimum Gasteiger partial charge on any atom is -0.326 e. The number of rotatable bonds is 2. The average molecular weight is 258 g/mol. The maximum atomic E-state index is 6.17. The van der Waals surface area contributed by atoms with Gasteiger partial charge in [-0.25, -0.2) is 0 Å². The molecule has 0 saturated heterocycles. The third kappa shape index (κ3) is 2.38. The lowest BCUT2D eigenvalue weighted by molar-refractivity contribution is 0.776. The van der Waals surface area contributed by atoms with E-state index >= 15 is 0 Å². The van der Waals surface area contributed by atoms with Crippen molar-refractivity contribution < 1.29 is 0 Å². The molecule has 0 radical (unpaired) electrons. The van der Waals surface area contributed by atoms with Gasteiger partial charge in [0.2, 0.25) is 0 Å². The molecule has 2 rings (SSSR count). The van der Waals surface area contributed by atoms with E-state index in [9.17, 15) is 0 Å². The molecular weight excluding hydrogens is 245 g/mol. The highest BCUT2D eigenvalue weighted by Crippen LogP contribution is 2.27. The summed E-state index contributed by atoms with van der Waals surface area (Å²) in [5, 5.41) is 4.82. The van der Waals surface area contributed by atoms with Gasteiger partial charge < -0.3 is 5.73 Å². The third-order valence-corrected chi connectivity index (χ3v) is 2.68. The minimum atomic E-state index is 0. The summed E-state index contributed by atoms with van der Waals surface area (Å²) in [6.07, 6.45) is 1.75. The molecule has 2 aromatic rings. The summed E-state index contributed by atoms with van der Waals surface area (Å²) in [6.45, 7) is 0.505. The number of nitrogens with two attached hydrogens (primary N) is 1. The van der Waals surface area contributed by atoms with E-state index in [0.717, 1.165) is 16.8 Å². The van der Waals surface area contributed by atoms with Crippen LogP contribution in [0.5, 0.6) is 0 Å². The van der Waals surface area contributed by atoms with Crippen molar-refractivity contribution in [1.29, 1.82) is 0 Å². The van der Waals surface area contributed by atoms with Gasteiger partial charge >= 0.3 is 0 Å². The van der Waals surface area contributed by atoms with Crippen LogP contribution >= 0.6 is 24.0 Å². The third-order valence-electron chi connectivity index (χ3n) is 2.37. The Bertz CT molecular complexity index is 480. The Balaban J connectivity index is 0.00000128. The maximum absolute atomic E-state index is 6.17. The van der Waals surface area contributed by atoms with Gasteiger partial charge in [0, 0.05) is 25.4 Å². The number of benzene rings is 1. The topological polar surface area (TPSA) is 43.8 Å². The lowest BCUT2D eigenvalue weighted by atomic mass is 10.1. The molecule has 0 aliphatic rings. The first-order chi connectivity index (χ1) is 7.22. The minimum absolute atomic E-state index is 0. The van der Waals surface area contributed by atoms with Gasteiger partial charge in [0.25, 0.3) is 0 Å². The lowest BCUT2D eigenvalue weighted by Crippen LogP contribution is -1.97. The predicted molar refractivity (Wildman–Crippen MR) is 68.8 cm³/mol. The summed E-state index contributed by atoms with van der Waals surface area (Å²) in [6, 6.07) is 7.78. The molecule has 16 heavy (non-hydrogen) atoms. The van der Waals surface area contributed by atoms with Gasteiger partial charge in [-0.05, 0) is 17.7 Å². The first-order valence-electron chi connectivity index (χ1n) is 4.69. The Morgan fingerprint density at radius 3 is 2.62 bits per heavy atom. The molecule has 1 aromatic heterocycles. The predicted octanol–water partition coefficient (Wildman–Crippen LogP) is 2.62. The van der Waals surface area contributed by atoms with Crippen molar-refractivity contribution in [2.75, 3.05) is 0 Å². The molecule has 0 spiro atoms. The summed E-state index contributed by atoms with van der Waals surface area (Å²) in [7, 11) is 1.89. The van der Waals surface area contributed by atoms with Crippen LogP contribution in [0, 0.1) is 0 Å². The van der Waals surface area contributed by atoms with Crippen LogP contribution in [0.4, 0.5) is 0 Å². The van der Waals surface area contributed by atoms with Crippen LogP contribution in [-0.4, -0.2) is 9.78 Å². The zero-order valence-corrected chi connectivity index (χ0v) is 10.4. The molecule has 1 aromatic carbocycles. The molecule has 2 N–H and O–H groups in total. The summed E-state index contributed by atoms with van der Waals surface area (Å²) in [5.74, 6) is 0. The van der Waals surface area contributed by atoms with E-state index in [2.05, 4.69) is 5.10 Å². The van der Waals surface area contributed by atoms with Gasteiger partial charge in [-0.2, -0.15) is 5.10 Å². The van der Waals surface area contributed by atoms with Crippen LogP contribution in [-0.2, 0) is 13.6 Å². The maximum Gasteiger partial charge on any atom is 0.0693 e. The van der Waals surface area contributed by atoms with Crippen molar-refractivity contribution in [2.45, 2.75) is 6.54 Å². The van der Waals surface area contributed by atoms with Crippen LogP contribution in [0.15, 0.2) is 30.5 Å². The van der Waals surface area contributed by atoms with E-state index in [1.54, 1.807) is 10.9 Å². The second-order valence-corrected chi connectivity index (χ2v) is 3.77. The summed E-state index contributed by atoms with van der Waals surface area (Å²) in [5.41, 5.74) is 8.56. The van der Waals surface area contributed by atoms with E-state index in [1.165, 1.54) is 0 Å². The van der Waals surface area contributed by atoms with Gasteiger partial charge in [-0.1, -0.05) is 23.7 Å². The van der Waals surface area contributed by atoms with Gasteiger partial charge in [0.15, 0.2) is 0 Å². The monoisotopic (exact) mass is 257 g/mol. The fraction of sp³-hybridized carbons (Fsp3) is 0.182. The normalized spacial score (nSPS) is 9.94. The highest BCUT2D eigenvalue weighted by Gasteiger charge is 2.07. The molecular formula is C11H13Cl2N3. The number of hydrogen-bond acceptors (Lipinski definition) is 2. The van der Waals surface area contributed by atoms with Gasteiger partial charge in [-0.15, -0.1) is 12.4 Å². The van der Waals surface area contributed by atoms with Crippen molar-refractivity contribution in [3.8, 4) is 11.3 Å². The standard InChI is InChI=1S/C11H12ClN3.ClH/c1-15-11(4-5-14-15)9-3-2-8(7-13)6-10(9)12;/h2-6H,7,13H2,1H3;1H. The second-order valence-electron chi connectivity index (χ2n) is 3.36. The molecule has 0 aliphatic carbocycles. The van der Waals surface area contributed by atoms with E-state index in [4.69, 9.17) is 17.3 Å². The van der Waals surface area contributed by atoms with E-state index in [1.807, 2.05) is 31.3 Å². The zero-order chi connectivity index (χ0) is 10.8. The molecule has 1 heterocycles. The molecule has 0 bridgehead atoms. The fourth-order valence-corrected chi connectivity index (χ4v) is 1.83. The number of aryl methyl sites for hydroxylation is 1. The fourth-order valence-electron chi connectivity index (χ4n) is 1.53. The molecule has 3 nitrogen and oxygen atoms in total. The summed E-state index contributed by atoms with van der Waals surface area (Å²) >= 11 is 6.17. The molecule has 86 valence electrons. The molecule has 0 saturated carbocycles. The molecule has 0 amide bonds. The lowest BCUT2D eigenvalue weighted by Gasteiger charge is -2.06. The van der Waals surface area contributed by atoms with Crippen molar-refractivity contribution in [2.24, 2.45) is 12.8 Å². The first-order valence-corrected chi connectivity index (χ1v) is 5.07. The number of aromatic nitrogens is 2. The average Bonchev–Trinajstić information content (AvgIpc) is 2.64. The van der Waals surface area contributed by atoms with Gasteiger partial charge in [-0.3, -0.25) is 4.68 Å².